The molecular formula is C49H76N16O11. The molecule has 23 N–H and O–H groups in total. The van der Waals surface area contributed by atoms with Gasteiger partial charge in [0.05, 0.1) is 12.6 Å². The first-order valence-electron chi connectivity index (χ1n) is 24.9. The fourth-order valence-electron chi connectivity index (χ4n) is 7.74. The summed E-state index contributed by atoms with van der Waals surface area (Å²) in [6, 6.07) is 2.14. The topological polar surface area (TPSA) is 478 Å². The zero-order chi connectivity index (χ0) is 56.5. The average molecular weight is 1070 g/mol. The lowest BCUT2D eigenvalue weighted by Gasteiger charge is -2.28. The van der Waals surface area contributed by atoms with Crippen molar-refractivity contribution in [1.82, 2.24) is 42.2 Å². The van der Waals surface area contributed by atoms with Crippen LogP contribution in [0.2, 0.25) is 0 Å². The minimum Gasteiger partial charge on any atom is -0.508 e. The van der Waals surface area contributed by atoms with E-state index < -0.39 is 108 Å². The molecule has 0 bridgehead atoms. The van der Waals surface area contributed by atoms with Crippen molar-refractivity contribution >= 4 is 70.1 Å². The largest absolute Gasteiger partial charge is 0.508 e. The predicted octanol–water partition coefficient (Wildman–Crippen LogP) is -3.63. The number of benzene rings is 2. The molecule has 0 spiro atoms. The zero-order valence-electron chi connectivity index (χ0n) is 43.1. The molecule has 0 aliphatic carbocycles. The number of H-pyrrole nitrogens is 1. The number of carboxylic acids is 1. The summed E-state index contributed by atoms with van der Waals surface area (Å²) in [5.74, 6) is -8.35. The number of aromatic hydroxyl groups is 1. The number of phenols is 1. The van der Waals surface area contributed by atoms with Crippen LogP contribution in [0.25, 0.3) is 10.9 Å². The Bertz CT molecular complexity index is 2470. The number of carbonyl (C=O) groups is 8. The van der Waals surface area contributed by atoms with Crippen molar-refractivity contribution in [2.45, 2.75) is 127 Å². The van der Waals surface area contributed by atoms with Crippen LogP contribution in [0.1, 0.15) is 76.8 Å². The molecule has 3 aromatic rings. The maximum absolute atomic E-state index is 14.7. The molecule has 1 heterocycles. The Morgan fingerprint density at radius 2 is 1.04 bits per heavy atom. The summed E-state index contributed by atoms with van der Waals surface area (Å²) < 4.78 is 0. The number of aliphatic carboxylic acids is 1. The van der Waals surface area contributed by atoms with Gasteiger partial charge in [-0.15, -0.1) is 0 Å². The van der Waals surface area contributed by atoms with Crippen LogP contribution in [0.15, 0.2) is 64.7 Å². The molecule has 0 aliphatic rings. The number of para-hydroxylation sites is 1. The highest BCUT2D eigenvalue weighted by Crippen LogP contribution is 2.20. The normalized spacial score (nSPS) is 14.2. The third-order valence-electron chi connectivity index (χ3n) is 11.9. The van der Waals surface area contributed by atoms with E-state index in [1.165, 1.54) is 31.2 Å². The van der Waals surface area contributed by atoms with Crippen LogP contribution in [0.5, 0.6) is 5.75 Å². The first kappa shape index (κ1) is 62.3. The van der Waals surface area contributed by atoms with Gasteiger partial charge in [0.15, 0.2) is 11.9 Å². The van der Waals surface area contributed by atoms with Gasteiger partial charge in [-0.05, 0) is 93.7 Å². The molecule has 3 rings (SSSR count). The number of amides is 7. The first-order chi connectivity index (χ1) is 36.0. The molecule has 27 heteroatoms. The number of unbranched alkanes of at least 4 members (excludes halogenated alkanes) is 1. The number of nitrogens with two attached hydrogens (primary N) is 6. The molecule has 0 saturated heterocycles. The Kier molecular flexibility index (Phi) is 25.9. The lowest BCUT2D eigenvalue weighted by molar-refractivity contribution is -0.143. The number of aromatic amines is 1. The van der Waals surface area contributed by atoms with Crippen LogP contribution in [0.4, 0.5) is 0 Å². The highest BCUT2D eigenvalue weighted by atomic mass is 16.4. The predicted molar refractivity (Wildman–Crippen MR) is 283 cm³/mol. The SMILES string of the molecule is CC(N)C(=O)NC(CCCN=C(N)N)C(=O)NC(Cc1c[nH]c2ccccc12)C(=O)NC(CCCN=C(N)N)C(=O)NC(Cc1ccc(O)cc1)C(=O)NC(CCCCN)C(=O)NC(C(=O)NC(CO)C(=O)O)C(C)C. The quantitative estimate of drug-likeness (QED) is 0.0159. The maximum Gasteiger partial charge on any atom is 0.328 e. The Morgan fingerprint density at radius 1 is 0.579 bits per heavy atom. The Morgan fingerprint density at radius 3 is 1.53 bits per heavy atom. The summed E-state index contributed by atoms with van der Waals surface area (Å²) in [4.78, 5) is 121. The molecule has 27 nitrogen and oxygen atoms in total. The third kappa shape index (κ3) is 21.1. The standard InChI is InChI=1S/C49H76N16O11/c1-26(2)39(46(74)64-38(25-66)47(75)76)65-43(71)33(12-6-7-19-50)60-44(72)36(22-28-15-17-30(67)18-16-28)62-42(70)35(14-9-21-57-49(54)55)61-45(73)37(23-29-24-58-32-11-5-4-10-31(29)32)63-41(69)34(59-40(68)27(3)51)13-8-20-56-48(52)53/h4-5,10-11,15-18,24,26-27,33-39,58,66-67H,6-9,12-14,19-23,25,50-51H2,1-3H3,(H,59,68)(H,60,72)(H,61,73)(H,62,70)(H,63,69)(H,64,74)(H,65,71)(H,75,76)(H4,52,53,56)(H4,54,55,57). The number of nitrogens with zero attached hydrogens (tertiary/aromatic N) is 2. The van der Waals surface area contributed by atoms with Crippen molar-refractivity contribution in [3.8, 4) is 5.75 Å². The van der Waals surface area contributed by atoms with E-state index in [0.29, 0.717) is 24.0 Å². The summed E-state index contributed by atoms with van der Waals surface area (Å²) in [5.41, 5.74) is 35.5. The number of aromatic nitrogens is 1. The monoisotopic (exact) mass is 1060 g/mol. The molecule has 7 amide bonds. The summed E-state index contributed by atoms with van der Waals surface area (Å²) in [6.45, 7) is 4.06. The number of fused-ring (bicyclic) bond motifs is 1. The number of hydrogen-bond donors (Lipinski definition) is 17. The van der Waals surface area contributed by atoms with Crippen molar-refractivity contribution in [2.75, 3.05) is 26.2 Å². The van der Waals surface area contributed by atoms with E-state index >= 15 is 0 Å². The van der Waals surface area contributed by atoms with Gasteiger partial charge in [0.2, 0.25) is 41.4 Å². The third-order valence-corrected chi connectivity index (χ3v) is 11.9. The number of nitrogens with one attached hydrogen (secondary N) is 8. The molecule has 8 unspecified atom stereocenters. The van der Waals surface area contributed by atoms with Crippen LogP contribution in [0.3, 0.4) is 0 Å². The summed E-state index contributed by atoms with van der Waals surface area (Å²) in [6.07, 6.45) is 2.37. The minimum atomic E-state index is -1.66. The number of rotatable bonds is 33. The molecule has 0 radical (unpaired) electrons. The van der Waals surface area contributed by atoms with Crippen molar-refractivity contribution in [3.63, 3.8) is 0 Å². The lowest BCUT2D eigenvalue weighted by Crippen LogP contribution is -2.61. The second-order valence-electron chi connectivity index (χ2n) is 18.5. The smallest absolute Gasteiger partial charge is 0.328 e. The Labute approximate surface area is 440 Å². The van der Waals surface area contributed by atoms with Crippen molar-refractivity contribution in [1.29, 1.82) is 0 Å². The van der Waals surface area contributed by atoms with E-state index in [4.69, 9.17) is 34.4 Å². The van der Waals surface area contributed by atoms with Gasteiger partial charge in [0, 0.05) is 43.0 Å². The second kappa shape index (κ2) is 31.6. The minimum absolute atomic E-state index is 0.00847. The zero-order valence-corrected chi connectivity index (χ0v) is 43.1. The summed E-state index contributed by atoms with van der Waals surface area (Å²) >= 11 is 0. The summed E-state index contributed by atoms with van der Waals surface area (Å²) in [7, 11) is 0. The number of guanidine groups is 2. The number of hydrogen-bond acceptors (Lipinski definition) is 14. The van der Waals surface area contributed by atoms with Gasteiger partial charge in [0.25, 0.3) is 0 Å². The molecule has 8 atom stereocenters. The molecule has 418 valence electrons. The van der Waals surface area contributed by atoms with E-state index in [1.807, 2.05) is 18.2 Å². The molecule has 0 aliphatic heterocycles. The van der Waals surface area contributed by atoms with Crippen LogP contribution in [-0.2, 0) is 51.2 Å². The lowest BCUT2D eigenvalue weighted by atomic mass is 10.00. The number of aliphatic hydroxyl groups excluding tert-OH is 1. The molecule has 0 fully saturated rings. The van der Waals surface area contributed by atoms with E-state index in [2.05, 4.69) is 52.2 Å². The maximum atomic E-state index is 14.7. The molecule has 76 heavy (non-hydrogen) atoms. The van der Waals surface area contributed by atoms with Gasteiger partial charge in [0.1, 0.15) is 48.0 Å². The van der Waals surface area contributed by atoms with Crippen LogP contribution in [-0.4, -0.2) is 154 Å². The van der Waals surface area contributed by atoms with Crippen LogP contribution >= 0.6 is 0 Å². The number of phenolic OH excluding ortho intramolecular Hbond substituents is 1. The average Bonchev–Trinajstić information content (AvgIpc) is 3.78. The molecular weight excluding hydrogens is 989 g/mol. The van der Waals surface area contributed by atoms with E-state index in [0.717, 1.165) is 10.9 Å². The second-order valence-corrected chi connectivity index (χ2v) is 18.5. The highest BCUT2D eigenvalue weighted by molar-refractivity contribution is 5.98. The molecule has 1 aromatic heterocycles. The van der Waals surface area contributed by atoms with Crippen molar-refractivity contribution in [3.05, 3.63) is 65.9 Å². The van der Waals surface area contributed by atoms with Gasteiger partial charge in [-0.3, -0.25) is 43.5 Å². The Hall–Kier alpha value is -8.04. The Balaban J connectivity index is 2.06. The van der Waals surface area contributed by atoms with Gasteiger partial charge >= 0.3 is 5.97 Å². The molecule has 2 aromatic carbocycles. The number of carboxylic acid groups (broad SMARTS) is 1. The first-order valence-corrected chi connectivity index (χ1v) is 24.9. The fraction of sp³-hybridized carbons (Fsp3) is 0.510. The van der Waals surface area contributed by atoms with Crippen LogP contribution < -0.4 is 71.6 Å². The summed E-state index contributed by atoms with van der Waals surface area (Å²) in [5, 5.41) is 48.0. The number of aliphatic imine (C=N–C) groups is 2. The molecule has 0 saturated carbocycles. The van der Waals surface area contributed by atoms with Gasteiger partial charge in [-0.1, -0.05) is 44.2 Å². The van der Waals surface area contributed by atoms with Crippen LogP contribution in [0, 0.1) is 5.92 Å². The van der Waals surface area contributed by atoms with Gasteiger partial charge in [-0.25, -0.2) is 4.79 Å². The van der Waals surface area contributed by atoms with Crippen molar-refractivity contribution < 1.29 is 53.7 Å². The van der Waals surface area contributed by atoms with E-state index in [-0.39, 0.29) is 82.2 Å². The number of aliphatic hydroxyl groups is 1. The van der Waals surface area contributed by atoms with Gasteiger partial charge < -0.3 is 91.9 Å². The van der Waals surface area contributed by atoms with Gasteiger partial charge in [-0.2, -0.15) is 0 Å². The van der Waals surface area contributed by atoms with E-state index in [1.54, 1.807) is 26.1 Å². The highest BCUT2D eigenvalue weighted by Gasteiger charge is 2.35. The van der Waals surface area contributed by atoms with Crippen molar-refractivity contribution in [2.24, 2.45) is 50.3 Å². The number of carbonyl (C=O) groups excluding carboxylic acids is 7. The van der Waals surface area contributed by atoms with E-state index in [9.17, 15) is 53.7 Å². The fourth-order valence-corrected chi connectivity index (χ4v) is 7.74.